The van der Waals surface area contributed by atoms with Crippen LogP contribution in [-0.2, 0) is 70.4 Å². The zero-order valence-corrected chi connectivity index (χ0v) is 41.2. The molecule has 16 N–H and O–H groups in total. The number of carboxylic acids is 3. The van der Waals surface area contributed by atoms with E-state index in [1.165, 1.54) is 36.0 Å². The van der Waals surface area contributed by atoms with Crippen molar-refractivity contribution in [2.75, 3.05) is 25.1 Å². The Bertz CT molecular complexity index is 2270. The number of benzene rings is 2. The van der Waals surface area contributed by atoms with Crippen LogP contribution in [0.3, 0.4) is 0 Å². The number of phenols is 1. The molecule has 0 saturated heterocycles. The maximum absolute atomic E-state index is 14.0. The molecule has 73 heavy (non-hydrogen) atoms. The Morgan fingerprint density at radius 2 is 1.10 bits per heavy atom. The highest BCUT2D eigenvalue weighted by atomic mass is 32.2. The van der Waals surface area contributed by atoms with Crippen LogP contribution in [-0.4, -0.2) is 159 Å². The van der Waals surface area contributed by atoms with E-state index in [9.17, 15) is 72.9 Å². The van der Waals surface area contributed by atoms with E-state index in [0.29, 0.717) is 23.3 Å². The van der Waals surface area contributed by atoms with Gasteiger partial charge in [0.2, 0.25) is 53.2 Å². The highest BCUT2D eigenvalue weighted by Gasteiger charge is 2.35. The van der Waals surface area contributed by atoms with Crippen molar-refractivity contribution < 1.29 is 78.0 Å². The highest BCUT2D eigenvalue weighted by Crippen LogP contribution is 2.14. The van der Waals surface area contributed by atoms with Gasteiger partial charge in [0, 0.05) is 19.3 Å². The van der Waals surface area contributed by atoms with E-state index >= 15 is 0 Å². The zero-order chi connectivity index (χ0) is 54.8. The number of carbonyl (C=O) groups excluding carboxylic acids is 9. The van der Waals surface area contributed by atoms with Crippen LogP contribution < -0.4 is 54.0 Å². The summed E-state index contributed by atoms with van der Waals surface area (Å²) < 4.78 is 0. The van der Waals surface area contributed by atoms with Gasteiger partial charge in [-0.15, -0.1) is 0 Å². The average molecular weight is 1050 g/mol. The van der Waals surface area contributed by atoms with Gasteiger partial charge in [0.25, 0.3) is 0 Å². The molecular formula is C46H64N10O16S. The van der Waals surface area contributed by atoms with E-state index in [2.05, 4.69) is 42.5 Å². The maximum Gasteiger partial charge on any atom is 0.326 e. The molecule has 0 saturated carbocycles. The Kier molecular flexibility index (Phi) is 26.5. The number of aliphatic carboxylic acids is 3. The van der Waals surface area contributed by atoms with Crippen LogP contribution in [0.4, 0.5) is 0 Å². The van der Waals surface area contributed by atoms with E-state index < -0.39 is 152 Å². The quantitative estimate of drug-likeness (QED) is 0.0334. The smallest absolute Gasteiger partial charge is 0.326 e. The fourth-order valence-corrected chi connectivity index (χ4v) is 7.14. The fraction of sp³-hybridized carbons (Fsp3) is 0.478. The molecule has 0 aliphatic heterocycles. The Morgan fingerprint density at radius 1 is 0.575 bits per heavy atom. The minimum Gasteiger partial charge on any atom is -0.508 e. The Balaban J connectivity index is 2.18. The molecule has 0 aromatic heterocycles. The maximum atomic E-state index is 14.0. The van der Waals surface area contributed by atoms with Gasteiger partial charge in [-0.3, -0.25) is 52.7 Å². The number of thioether (sulfide) groups is 1. The SMILES string of the molecule is CCC(C)C(NC(=O)C(CCSC)NC(=O)C(Cc1ccc(O)cc1)NC(=O)C(N)CC(=O)O)C(=O)NC(CCC(N)=O)C(=O)NCC(=O)NCC(=O)NC(CC(=O)O)C(=O)NC(Cc1ccccc1)C(=O)O. The summed E-state index contributed by atoms with van der Waals surface area (Å²) in [6, 6.07) is 3.43. The zero-order valence-electron chi connectivity index (χ0n) is 40.3. The third-order valence-electron chi connectivity index (χ3n) is 10.9. The van der Waals surface area contributed by atoms with Crippen molar-refractivity contribution in [3.8, 4) is 5.75 Å². The molecule has 0 bridgehead atoms. The first-order valence-electron chi connectivity index (χ1n) is 22.8. The number of carbonyl (C=O) groups is 12. The van der Waals surface area contributed by atoms with Gasteiger partial charge in [0.05, 0.1) is 32.0 Å². The second-order valence-electron chi connectivity index (χ2n) is 16.7. The summed E-state index contributed by atoms with van der Waals surface area (Å²) in [6.07, 6.45) is -0.807. The topological polar surface area (TPSA) is 434 Å². The summed E-state index contributed by atoms with van der Waals surface area (Å²) in [4.78, 5) is 153. The number of rotatable bonds is 33. The largest absolute Gasteiger partial charge is 0.508 e. The van der Waals surface area contributed by atoms with Gasteiger partial charge in [0.1, 0.15) is 42.0 Å². The van der Waals surface area contributed by atoms with Crippen molar-refractivity contribution >= 4 is 82.8 Å². The normalized spacial score (nSPS) is 14.1. The van der Waals surface area contributed by atoms with Gasteiger partial charge >= 0.3 is 17.9 Å². The number of aromatic hydroxyl groups is 1. The van der Waals surface area contributed by atoms with Crippen LogP contribution in [0.15, 0.2) is 54.6 Å². The second kappa shape index (κ2) is 31.5. The summed E-state index contributed by atoms with van der Waals surface area (Å²) in [5, 5.41) is 56.7. The van der Waals surface area contributed by atoms with Crippen LogP contribution in [0.25, 0.3) is 0 Å². The summed E-state index contributed by atoms with van der Waals surface area (Å²) in [6.45, 7) is 1.66. The lowest BCUT2D eigenvalue weighted by Crippen LogP contribution is -2.60. The molecular weight excluding hydrogens is 981 g/mol. The molecule has 0 fully saturated rings. The van der Waals surface area contributed by atoms with Crippen molar-refractivity contribution in [1.82, 2.24) is 42.5 Å². The van der Waals surface area contributed by atoms with Crippen molar-refractivity contribution in [2.24, 2.45) is 17.4 Å². The number of nitrogens with two attached hydrogens (primary N) is 2. The summed E-state index contributed by atoms with van der Waals surface area (Å²) in [5.41, 5.74) is 12.1. The molecule has 0 aliphatic rings. The van der Waals surface area contributed by atoms with E-state index in [1.807, 2.05) is 0 Å². The molecule has 8 atom stereocenters. The van der Waals surface area contributed by atoms with E-state index in [-0.39, 0.29) is 31.4 Å². The third kappa shape index (κ3) is 23.3. The minimum absolute atomic E-state index is 0.0139. The summed E-state index contributed by atoms with van der Waals surface area (Å²) in [7, 11) is 0. The summed E-state index contributed by atoms with van der Waals surface area (Å²) >= 11 is 1.32. The lowest BCUT2D eigenvalue weighted by atomic mass is 9.96. The number of primary amides is 1. The molecule has 2 aromatic carbocycles. The first kappa shape index (κ1) is 61.3. The van der Waals surface area contributed by atoms with Gasteiger partial charge in [-0.1, -0.05) is 62.7 Å². The molecule has 0 heterocycles. The first-order valence-corrected chi connectivity index (χ1v) is 24.2. The molecule has 27 heteroatoms. The number of phenolic OH excluding ortho intramolecular Hbond substituents is 1. The Hall–Kier alpha value is -7.81. The lowest BCUT2D eigenvalue weighted by molar-refractivity contribution is -0.143. The van der Waals surface area contributed by atoms with Crippen LogP contribution in [0.2, 0.25) is 0 Å². The molecule has 0 spiro atoms. The monoisotopic (exact) mass is 1040 g/mol. The van der Waals surface area contributed by atoms with Crippen LogP contribution in [0.1, 0.15) is 63.5 Å². The van der Waals surface area contributed by atoms with E-state index in [4.69, 9.17) is 16.6 Å². The molecule has 26 nitrogen and oxygen atoms in total. The van der Waals surface area contributed by atoms with Crippen molar-refractivity contribution in [3.63, 3.8) is 0 Å². The lowest BCUT2D eigenvalue weighted by Gasteiger charge is -2.29. The molecule has 400 valence electrons. The molecule has 0 radical (unpaired) electrons. The number of carboxylic acid groups (broad SMARTS) is 3. The van der Waals surface area contributed by atoms with E-state index in [1.54, 1.807) is 50.4 Å². The molecule has 8 unspecified atom stereocenters. The number of amides is 9. The first-order chi connectivity index (χ1) is 34.4. The fourth-order valence-electron chi connectivity index (χ4n) is 6.67. The van der Waals surface area contributed by atoms with Gasteiger partial charge in [0.15, 0.2) is 0 Å². The van der Waals surface area contributed by atoms with Gasteiger partial charge in [-0.2, -0.15) is 11.8 Å². The predicted octanol–water partition coefficient (Wildman–Crippen LogP) is -3.26. The van der Waals surface area contributed by atoms with E-state index in [0.717, 1.165) is 0 Å². The van der Waals surface area contributed by atoms with Crippen molar-refractivity contribution in [2.45, 2.75) is 108 Å². The predicted molar refractivity (Wildman–Crippen MR) is 261 cm³/mol. The van der Waals surface area contributed by atoms with Crippen LogP contribution in [0, 0.1) is 5.92 Å². The highest BCUT2D eigenvalue weighted by molar-refractivity contribution is 7.98. The number of hydrogen-bond donors (Lipinski definition) is 14. The van der Waals surface area contributed by atoms with Crippen molar-refractivity contribution in [1.29, 1.82) is 0 Å². The van der Waals surface area contributed by atoms with Crippen LogP contribution >= 0.6 is 11.8 Å². The third-order valence-corrected chi connectivity index (χ3v) is 11.5. The molecule has 0 aliphatic carbocycles. The molecule has 9 amide bonds. The van der Waals surface area contributed by atoms with Crippen molar-refractivity contribution in [3.05, 3.63) is 65.7 Å². The number of hydrogen-bond acceptors (Lipinski definition) is 15. The summed E-state index contributed by atoms with van der Waals surface area (Å²) in [5.74, 6) is -13.3. The average Bonchev–Trinajstić information content (AvgIpc) is 3.33. The van der Waals surface area contributed by atoms with Gasteiger partial charge in [-0.25, -0.2) is 4.79 Å². The Labute approximate surface area is 423 Å². The minimum atomic E-state index is -1.76. The molecule has 2 rings (SSSR count). The van der Waals surface area contributed by atoms with Gasteiger partial charge < -0.3 is 74.4 Å². The number of nitrogens with one attached hydrogen (secondary N) is 8. The second-order valence-corrected chi connectivity index (χ2v) is 17.7. The van der Waals surface area contributed by atoms with Crippen LogP contribution in [0.5, 0.6) is 5.75 Å². The Morgan fingerprint density at radius 3 is 1.67 bits per heavy atom. The standard InChI is InChI=1S/C46H64N10O16S/c1-4-24(2)39(56-42(67)30(16-17-73-3)52-43(68)31(18-26-10-12-27(57)13-11-26)54-40(65)28(47)20-37(61)62)45(70)53-29(14-15-34(48)58)41(66)50-22-35(59)49-23-36(60)51-32(21-38(63)64)44(69)55-33(46(71)72)19-25-8-6-5-7-9-25/h5-13,24,28-33,39,57H,4,14-23,47H2,1-3H3,(H2,48,58)(H,49,59)(H,50,66)(H,51,60)(H,52,68)(H,53,70)(H,54,65)(H,55,69)(H,56,67)(H,61,62)(H,63,64)(H,71,72). The molecule has 2 aromatic rings. The van der Waals surface area contributed by atoms with Gasteiger partial charge in [-0.05, 0) is 54.0 Å².